The highest BCUT2D eigenvalue weighted by atomic mass is 32.2. The van der Waals surface area contributed by atoms with Crippen molar-refractivity contribution in [3.05, 3.63) is 59.2 Å². The summed E-state index contributed by atoms with van der Waals surface area (Å²) in [6, 6.07) is 0. The first-order chi connectivity index (χ1) is 13.3. The van der Waals surface area contributed by atoms with Gasteiger partial charge in [-0.2, -0.15) is 9.97 Å². The van der Waals surface area contributed by atoms with Gasteiger partial charge in [-0.1, -0.05) is 48.7 Å². The third-order valence-electron chi connectivity index (χ3n) is 3.38. The van der Waals surface area contributed by atoms with Crippen LogP contribution < -0.4 is 10.6 Å². The second-order valence-electron chi connectivity index (χ2n) is 5.38. The molecule has 2 N–H and O–H groups in total. The summed E-state index contributed by atoms with van der Waals surface area (Å²) in [6.45, 7) is 12.9. The highest BCUT2D eigenvalue weighted by Gasteiger charge is 2.31. The average molecular weight is 405 g/mol. The number of hydrogen-bond acceptors (Lipinski definition) is 8. The summed E-state index contributed by atoms with van der Waals surface area (Å²) in [5.41, 5.74) is 6.49. The predicted octanol–water partition coefficient (Wildman–Crippen LogP) is 3.90. The standard InChI is InChI=1S/C18H23N5O4S/c1-6-9-12(4)10-13(7-2)11-22(18(24)27-8-3)16-14(23(25)26)15(19)20-17(21-16)28-5/h6-7,10H,1-2,4,8-9,11H2,3,5H3,(H2,19,20,21)/b13-10+. The van der Waals surface area contributed by atoms with Gasteiger partial charge in [-0.25, -0.2) is 4.79 Å². The lowest BCUT2D eigenvalue weighted by atomic mass is 10.1. The molecule has 9 nitrogen and oxygen atoms in total. The molecule has 0 saturated carbocycles. The number of thioether (sulfide) groups is 1. The maximum atomic E-state index is 12.6. The van der Waals surface area contributed by atoms with Crippen LogP contribution in [0.15, 0.2) is 54.3 Å². The molecule has 150 valence electrons. The van der Waals surface area contributed by atoms with Gasteiger partial charge in [-0.3, -0.25) is 15.0 Å². The van der Waals surface area contributed by atoms with Crippen LogP contribution in [0, 0.1) is 10.1 Å². The van der Waals surface area contributed by atoms with Gasteiger partial charge in [0, 0.05) is 0 Å². The third-order valence-corrected chi connectivity index (χ3v) is 3.93. The summed E-state index contributed by atoms with van der Waals surface area (Å²) in [5.74, 6) is -0.587. The molecule has 1 aromatic heterocycles. The molecule has 0 unspecified atom stereocenters. The summed E-state index contributed by atoms with van der Waals surface area (Å²) in [6.07, 6.45) is 6.34. The Bertz CT molecular complexity index is 822. The summed E-state index contributed by atoms with van der Waals surface area (Å²) in [7, 11) is 0. The van der Waals surface area contributed by atoms with Crippen molar-refractivity contribution in [3.63, 3.8) is 0 Å². The molecule has 0 saturated heterocycles. The second-order valence-corrected chi connectivity index (χ2v) is 6.16. The minimum Gasteiger partial charge on any atom is -0.449 e. The average Bonchev–Trinajstić information content (AvgIpc) is 2.64. The smallest absolute Gasteiger partial charge is 0.415 e. The second kappa shape index (κ2) is 10.9. The summed E-state index contributed by atoms with van der Waals surface area (Å²) < 4.78 is 5.06. The molecule has 1 aromatic rings. The number of rotatable bonds is 10. The minimum absolute atomic E-state index is 0.0788. The normalized spacial score (nSPS) is 10.9. The van der Waals surface area contributed by atoms with E-state index in [4.69, 9.17) is 10.5 Å². The van der Waals surface area contributed by atoms with Crippen LogP contribution in [0.4, 0.5) is 22.1 Å². The Labute approximate surface area is 167 Å². The van der Waals surface area contributed by atoms with Crippen LogP contribution in [-0.2, 0) is 4.74 Å². The number of aromatic nitrogens is 2. The predicted molar refractivity (Wildman–Crippen MR) is 111 cm³/mol. The Morgan fingerprint density at radius 2 is 2.11 bits per heavy atom. The molecule has 0 aliphatic carbocycles. The molecule has 0 bridgehead atoms. The van der Waals surface area contributed by atoms with Gasteiger partial charge in [0.2, 0.25) is 11.6 Å². The molecule has 0 atom stereocenters. The molecule has 1 heterocycles. The van der Waals surface area contributed by atoms with Gasteiger partial charge in [0.05, 0.1) is 18.1 Å². The van der Waals surface area contributed by atoms with Gasteiger partial charge >= 0.3 is 11.8 Å². The number of nitrogen functional groups attached to an aromatic ring is 1. The van der Waals surface area contributed by atoms with Crippen LogP contribution in [-0.4, -0.2) is 40.4 Å². The van der Waals surface area contributed by atoms with Crippen molar-refractivity contribution in [2.24, 2.45) is 0 Å². The Hall–Kier alpha value is -3.14. The van der Waals surface area contributed by atoms with Crippen molar-refractivity contribution in [2.75, 3.05) is 30.0 Å². The van der Waals surface area contributed by atoms with E-state index < -0.39 is 16.7 Å². The molecular weight excluding hydrogens is 382 g/mol. The van der Waals surface area contributed by atoms with E-state index in [0.717, 1.165) is 22.2 Å². The van der Waals surface area contributed by atoms with Crippen molar-refractivity contribution in [1.29, 1.82) is 0 Å². The Balaban J connectivity index is 3.54. The zero-order valence-electron chi connectivity index (χ0n) is 15.9. The Morgan fingerprint density at radius 3 is 2.61 bits per heavy atom. The van der Waals surface area contributed by atoms with Crippen LogP contribution in [0.25, 0.3) is 0 Å². The number of ether oxygens (including phenoxy) is 1. The van der Waals surface area contributed by atoms with E-state index in [0.29, 0.717) is 12.0 Å². The molecule has 0 spiro atoms. The number of hydrogen-bond donors (Lipinski definition) is 1. The molecule has 0 aliphatic heterocycles. The molecule has 28 heavy (non-hydrogen) atoms. The topological polar surface area (TPSA) is 124 Å². The molecular formula is C18H23N5O4S. The van der Waals surface area contributed by atoms with E-state index in [2.05, 4.69) is 29.7 Å². The quantitative estimate of drug-likeness (QED) is 0.155. The fourth-order valence-electron chi connectivity index (χ4n) is 2.18. The van der Waals surface area contributed by atoms with Gasteiger partial charge in [0.1, 0.15) is 0 Å². The maximum absolute atomic E-state index is 12.6. The zero-order chi connectivity index (χ0) is 21.3. The minimum atomic E-state index is -0.808. The van der Waals surface area contributed by atoms with Crippen molar-refractivity contribution in [1.82, 2.24) is 9.97 Å². The molecule has 1 rings (SSSR count). The molecule has 0 aliphatic rings. The van der Waals surface area contributed by atoms with Crippen LogP contribution in [0.3, 0.4) is 0 Å². The van der Waals surface area contributed by atoms with E-state index in [-0.39, 0.29) is 29.9 Å². The first-order valence-corrected chi connectivity index (χ1v) is 9.43. The first-order valence-electron chi connectivity index (χ1n) is 8.20. The van der Waals surface area contributed by atoms with Crippen molar-refractivity contribution < 1.29 is 14.5 Å². The molecule has 0 radical (unpaired) electrons. The number of anilines is 2. The Morgan fingerprint density at radius 1 is 1.43 bits per heavy atom. The largest absolute Gasteiger partial charge is 0.449 e. The highest BCUT2D eigenvalue weighted by molar-refractivity contribution is 7.98. The van der Waals surface area contributed by atoms with E-state index in [1.807, 2.05) is 0 Å². The van der Waals surface area contributed by atoms with Gasteiger partial charge in [-0.05, 0) is 25.2 Å². The van der Waals surface area contributed by atoms with Crippen LogP contribution in [0.1, 0.15) is 13.3 Å². The highest BCUT2D eigenvalue weighted by Crippen LogP contribution is 2.33. The monoisotopic (exact) mass is 405 g/mol. The number of carbonyl (C=O) groups excluding carboxylic acids is 1. The van der Waals surface area contributed by atoms with Crippen molar-refractivity contribution >= 4 is 35.2 Å². The lowest BCUT2D eigenvalue weighted by molar-refractivity contribution is -0.383. The Kier molecular flexibility index (Phi) is 8.89. The van der Waals surface area contributed by atoms with Crippen LogP contribution in [0.2, 0.25) is 0 Å². The lowest BCUT2D eigenvalue weighted by Crippen LogP contribution is -2.35. The molecule has 0 aromatic carbocycles. The van der Waals surface area contributed by atoms with Crippen molar-refractivity contribution in [2.45, 2.75) is 18.5 Å². The fourth-order valence-corrected chi connectivity index (χ4v) is 2.55. The van der Waals surface area contributed by atoms with Gasteiger partial charge in [-0.15, -0.1) is 6.58 Å². The van der Waals surface area contributed by atoms with E-state index in [1.54, 1.807) is 25.3 Å². The van der Waals surface area contributed by atoms with E-state index in [1.165, 1.54) is 6.08 Å². The number of carbonyl (C=O) groups is 1. The molecule has 0 fully saturated rings. The number of allylic oxidation sites excluding steroid dienone is 3. The summed E-state index contributed by atoms with van der Waals surface area (Å²) in [4.78, 5) is 32.4. The van der Waals surface area contributed by atoms with Crippen LogP contribution >= 0.6 is 11.8 Å². The number of nitrogens with two attached hydrogens (primary N) is 1. The molecule has 1 amide bonds. The molecule has 10 heteroatoms. The maximum Gasteiger partial charge on any atom is 0.415 e. The zero-order valence-corrected chi connectivity index (χ0v) is 16.7. The van der Waals surface area contributed by atoms with E-state index >= 15 is 0 Å². The van der Waals surface area contributed by atoms with Gasteiger partial charge < -0.3 is 10.5 Å². The fraction of sp³-hybridized carbons (Fsp3) is 0.278. The van der Waals surface area contributed by atoms with Gasteiger partial charge in [0.15, 0.2) is 5.16 Å². The third kappa shape index (κ3) is 5.95. The van der Waals surface area contributed by atoms with Crippen LogP contribution in [0.5, 0.6) is 0 Å². The summed E-state index contributed by atoms with van der Waals surface area (Å²) >= 11 is 1.14. The van der Waals surface area contributed by atoms with Gasteiger partial charge in [0.25, 0.3) is 0 Å². The SMILES string of the molecule is C=CCC(=C)/C=C(\C=C)CN(C(=O)OCC)c1nc(SC)nc(N)c1[N+](=O)[O-]. The number of amides is 1. The number of nitro groups is 1. The lowest BCUT2D eigenvalue weighted by Gasteiger charge is -2.22. The van der Waals surface area contributed by atoms with E-state index in [9.17, 15) is 14.9 Å². The number of nitrogens with zero attached hydrogens (tertiary/aromatic N) is 4. The summed E-state index contributed by atoms with van der Waals surface area (Å²) in [5, 5.41) is 11.7. The first kappa shape index (κ1) is 22.9. The van der Waals surface area contributed by atoms with Crippen molar-refractivity contribution in [3.8, 4) is 0 Å².